The topological polar surface area (TPSA) is 86.5 Å². The summed E-state index contributed by atoms with van der Waals surface area (Å²) in [4.78, 5) is 6.50. The fraction of sp³-hybridized carbons (Fsp3) is 0.333. The van der Waals surface area contributed by atoms with Crippen LogP contribution in [0.1, 0.15) is 6.92 Å². The molecule has 0 radical (unpaired) electrons. The highest BCUT2D eigenvalue weighted by atomic mass is 16.3. The Bertz CT molecular complexity index is 188. The summed E-state index contributed by atoms with van der Waals surface area (Å²) in [5.41, 5.74) is 0. The van der Waals surface area contributed by atoms with Gasteiger partial charge in [0.05, 0.1) is 0 Å². The predicted octanol–water partition coefficient (Wildman–Crippen LogP) is -0.114. The molecule has 0 aromatic carbocycles. The zero-order chi connectivity index (χ0) is 8.69. The van der Waals surface area contributed by atoms with Crippen LogP contribution in [0, 0.1) is 0 Å². The van der Waals surface area contributed by atoms with Crippen molar-refractivity contribution in [2.75, 3.05) is 6.61 Å². The van der Waals surface area contributed by atoms with Crippen molar-refractivity contribution in [1.82, 2.24) is 9.97 Å². The normalized spacial score (nSPS) is 8.18. The smallest absolute Gasteiger partial charge is 0.317 e. The second-order valence-corrected chi connectivity index (χ2v) is 1.53. The Morgan fingerprint density at radius 2 is 2.00 bits per heavy atom. The number of aliphatic hydroxyl groups is 1. The van der Waals surface area contributed by atoms with Crippen LogP contribution in [0.2, 0.25) is 0 Å². The highest BCUT2D eigenvalue weighted by Crippen LogP contribution is 2.03. The van der Waals surface area contributed by atoms with Crippen molar-refractivity contribution >= 4 is 0 Å². The van der Waals surface area contributed by atoms with Crippen LogP contribution in [0.5, 0.6) is 11.9 Å². The van der Waals surface area contributed by atoms with Gasteiger partial charge in [-0.05, 0) is 6.92 Å². The third-order valence-corrected chi connectivity index (χ3v) is 0.628. The Balaban J connectivity index is 0.000000292. The second kappa shape index (κ2) is 5.43. The van der Waals surface area contributed by atoms with Crippen LogP contribution >= 0.6 is 0 Å². The number of hydrogen-bond acceptors (Lipinski definition) is 5. The molecule has 0 unspecified atom stereocenters. The molecule has 5 nitrogen and oxygen atoms in total. The molecule has 0 fully saturated rings. The molecule has 5 heteroatoms. The summed E-state index contributed by atoms with van der Waals surface area (Å²) >= 11 is 0. The van der Waals surface area contributed by atoms with E-state index >= 15 is 0 Å². The lowest BCUT2D eigenvalue weighted by Crippen LogP contribution is -1.76. The van der Waals surface area contributed by atoms with Gasteiger partial charge in [-0.1, -0.05) is 0 Å². The highest BCUT2D eigenvalue weighted by Gasteiger charge is 1.88. The van der Waals surface area contributed by atoms with Gasteiger partial charge in [-0.3, -0.25) is 0 Å². The summed E-state index contributed by atoms with van der Waals surface area (Å²) < 4.78 is 0. The Hall–Kier alpha value is -1.36. The van der Waals surface area contributed by atoms with Crippen LogP contribution in [0.25, 0.3) is 0 Å². The Kier molecular flexibility index (Phi) is 4.76. The predicted molar refractivity (Wildman–Crippen MR) is 38.1 cm³/mol. The van der Waals surface area contributed by atoms with E-state index in [0.29, 0.717) is 0 Å². The molecule has 1 heterocycles. The molecule has 1 rings (SSSR count). The van der Waals surface area contributed by atoms with Crippen molar-refractivity contribution in [1.29, 1.82) is 0 Å². The molecule has 0 aliphatic rings. The van der Waals surface area contributed by atoms with E-state index in [9.17, 15) is 0 Å². The zero-order valence-electron chi connectivity index (χ0n) is 6.10. The van der Waals surface area contributed by atoms with Crippen molar-refractivity contribution < 1.29 is 15.3 Å². The first-order chi connectivity index (χ1) is 5.20. The first-order valence-corrected chi connectivity index (χ1v) is 3.02. The second-order valence-electron chi connectivity index (χ2n) is 1.53. The maximum absolute atomic E-state index is 8.50. The number of rotatable bonds is 0. The number of nitrogens with zero attached hydrogens (tertiary/aromatic N) is 2. The van der Waals surface area contributed by atoms with Gasteiger partial charge >= 0.3 is 6.01 Å². The van der Waals surface area contributed by atoms with Crippen LogP contribution in [-0.2, 0) is 0 Å². The van der Waals surface area contributed by atoms with E-state index < -0.39 is 6.01 Å². The fourth-order valence-corrected chi connectivity index (χ4v) is 0.339. The fourth-order valence-electron chi connectivity index (χ4n) is 0.339. The molecule has 62 valence electrons. The Morgan fingerprint density at radius 1 is 1.45 bits per heavy atom. The molecule has 0 atom stereocenters. The van der Waals surface area contributed by atoms with Gasteiger partial charge in [0.1, 0.15) is 0 Å². The van der Waals surface area contributed by atoms with Gasteiger partial charge in [0.15, 0.2) is 0 Å². The first kappa shape index (κ1) is 9.64. The largest absolute Gasteiger partial charge is 0.493 e. The van der Waals surface area contributed by atoms with Crippen molar-refractivity contribution in [2.24, 2.45) is 0 Å². The number of hydrogen-bond donors (Lipinski definition) is 3. The van der Waals surface area contributed by atoms with E-state index in [2.05, 4.69) is 9.97 Å². The Labute approximate surface area is 64.0 Å². The lowest BCUT2D eigenvalue weighted by Gasteiger charge is -1.86. The average molecular weight is 158 g/mol. The maximum Gasteiger partial charge on any atom is 0.317 e. The van der Waals surface area contributed by atoms with Gasteiger partial charge in [-0.25, -0.2) is 4.98 Å². The van der Waals surface area contributed by atoms with E-state index in [1.165, 1.54) is 12.3 Å². The quantitative estimate of drug-likeness (QED) is 0.490. The monoisotopic (exact) mass is 158 g/mol. The standard InChI is InChI=1S/C4H4N2O2.C2H6O/c7-3-1-2-5-4(8)6-3;1-2-3/h1-2H,(H2,5,6,7,8);3H,2H2,1H3. The van der Waals surface area contributed by atoms with Gasteiger partial charge in [0, 0.05) is 18.9 Å². The summed E-state index contributed by atoms with van der Waals surface area (Å²) in [6.45, 7) is 1.93. The van der Waals surface area contributed by atoms with E-state index in [-0.39, 0.29) is 12.5 Å². The van der Waals surface area contributed by atoms with E-state index in [1.54, 1.807) is 6.92 Å². The number of aromatic nitrogens is 2. The number of aliphatic hydroxyl groups excluding tert-OH is 1. The first-order valence-electron chi connectivity index (χ1n) is 3.02. The average Bonchev–Trinajstić information content (AvgIpc) is 1.88. The van der Waals surface area contributed by atoms with Crippen LogP contribution < -0.4 is 0 Å². The van der Waals surface area contributed by atoms with Gasteiger partial charge in [0.25, 0.3) is 0 Å². The highest BCUT2D eigenvalue weighted by molar-refractivity contribution is 5.07. The van der Waals surface area contributed by atoms with Crippen LogP contribution in [-0.4, -0.2) is 31.9 Å². The van der Waals surface area contributed by atoms with Crippen LogP contribution in [0.4, 0.5) is 0 Å². The zero-order valence-corrected chi connectivity index (χ0v) is 6.10. The summed E-state index contributed by atoms with van der Waals surface area (Å²) in [5.74, 6) is -0.225. The molecule has 11 heavy (non-hydrogen) atoms. The third-order valence-electron chi connectivity index (χ3n) is 0.628. The summed E-state index contributed by atoms with van der Waals surface area (Å²) in [6.07, 6.45) is 1.26. The molecular weight excluding hydrogens is 148 g/mol. The van der Waals surface area contributed by atoms with Gasteiger partial charge in [-0.15, -0.1) is 0 Å². The molecule has 0 saturated carbocycles. The van der Waals surface area contributed by atoms with Crippen molar-refractivity contribution in [3.63, 3.8) is 0 Å². The lowest BCUT2D eigenvalue weighted by atomic mass is 10.6. The molecule has 1 aromatic rings. The van der Waals surface area contributed by atoms with Crippen molar-refractivity contribution in [3.8, 4) is 11.9 Å². The molecule has 1 aromatic heterocycles. The van der Waals surface area contributed by atoms with Crippen molar-refractivity contribution in [2.45, 2.75) is 6.92 Å². The van der Waals surface area contributed by atoms with E-state index in [4.69, 9.17) is 15.3 Å². The summed E-state index contributed by atoms with van der Waals surface area (Å²) in [5, 5.41) is 24.5. The molecule has 0 aliphatic carbocycles. The molecule has 0 amide bonds. The van der Waals surface area contributed by atoms with Gasteiger partial charge < -0.3 is 15.3 Å². The summed E-state index contributed by atoms with van der Waals surface area (Å²) in [6, 6.07) is 0.865. The molecule has 0 aliphatic heterocycles. The van der Waals surface area contributed by atoms with Crippen LogP contribution in [0.15, 0.2) is 12.3 Å². The molecule has 0 bridgehead atoms. The van der Waals surface area contributed by atoms with Crippen molar-refractivity contribution in [3.05, 3.63) is 12.3 Å². The third kappa shape index (κ3) is 5.10. The SMILES string of the molecule is CCO.Oc1ccnc(O)n1. The molecule has 3 N–H and O–H groups in total. The van der Waals surface area contributed by atoms with Gasteiger partial charge in [-0.2, -0.15) is 4.98 Å². The molecule has 0 spiro atoms. The number of aromatic hydroxyl groups is 2. The molecular formula is C6H10N2O3. The lowest BCUT2D eigenvalue weighted by molar-refractivity contribution is 0.318. The summed E-state index contributed by atoms with van der Waals surface area (Å²) in [7, 11) is 0. The van der Waals surface area contributed by atoms with Crippen LogP contribution in [0.3, 0.4) is 0 Å². The van der Waals surface area contributed by atoms with E-state index in [0.717, 1.165) is 0 Å². The van der Waals surface area contributed by atoms with E-state index in [1.807, 2.05) is 0 Å². The minimum Gasteiger partial charge on any atom is -0.493 e. The minimum atomic E-state index is -0.412. The Morgan fingerprint density at radius 3 is 2.27 bits per heavy atom. The molecule has 0 saturated heterocycles. The maximum atomic E-state index is 8.50. The van der Waals surface area contributed by atoms with Gasteiger partial charge in [0.2, 0.25) is 5.88 Å². The minimum absolute atomic E-state index is 0.225.